The molecule has 0 unspecified atom stereocenters. The van der Waals surface area contributed by atoms with E-state index in [0.717, 1.165) is 74.0 Å². The van der Waals surface area contributed by atoms with Crippen LogP contribution in [0, 0.1) is 17.7 Å². The maximum Gasteiger partial charge on any atom is 0.330 e. The molecule has 7 heteroatoms. The smallest absolute Gasteiger partial charge is 0.330 e. The van der Waals surface area contributed by atoms with Crippen LogP contribution in [0.25, 0.3) is 11.1 Å². The van der Waals surface area contributed by atoms with Gasteiger partial charge < -0.3 is 18.9 Å². The lowest BCUT2D eigenvalue weighted by Crippen LogP contribution is -2.02. The van der Waals surface area contributed by atoms with E-state index in [4.69, 9.17) is 18.9 Å². The standard InChI is InChI=1S/C38H41FO6/c1-3-37(40)44-27-11-7-5-9-25-42-33-20-15-30(16-21-33)13-14-31-17-24-35(36(39)29-31)32-18-22-34(23-19-32)43-26-10-6-8-12-28-45-38(41)4-2/h3-4,15-24,29H,1-2,5-12,25-28H2. The van der Waals surface area contributed by atoms with Gasteiger partial charge in [-0.2, -0.15) is 0 Å². The van der Waals surface area contributed by atoms with Crippen molar-refractivity contribution in [3.8, 4) is 34.5 Å². The molecule has 0 saturated heterocycles. The predicted octanol–water partition coefficient (Wildman–Crippen LogP) is 8.23. The summed E-state index contributed by atoms with van der Waals surface area (Å²) >= 11 is 0. The monoisotopic (exact) mass is 612 g/mol. The Hall–Kier alpha value is -4.83. The highest BCUT2D eigenvalue weighted by Gasteiger charge is 2.07. The van der Waals surface area contributed by atoms with Crippen molar-refractivity contribution in [2.45, 2.75) is 51.4 Å². The SMILES string of the molecule is C=CC(=O)OCCCCCCOc1ccc(C#Cc2ccc(-c3ccc(OCCCCCCOC(=O)C=C)cc3)c(F)c2)cc1. The topological polar surface area (TPSA) is 71.1 Å². The Morgan fingerprint density at radius 3 is 1.53 bits per heavy atom. The Bertz CT molecular complexity index is 1430. The van der Waals surface area contributed by atoms with E-state index in [9.17, 15) is 14.0 Å². The number of hydrogen-bond acceptors (Lipinski definition) is 6. The van der Waals surface area contributed by atoms with E-state index in [1.54, 1.807) is 6.07 Å². The van der Waals surface area contributed by atoms with Crippen molar-refractivity contribution >= 4 is 11.9 Å². The van der Waals surface area contributed by atoms with Gasteiger partial charge in [0.15, 0.2) is 0 Å². The molecule has 3 aromatic rings. The molecule has 0 aliphatic heterocycles. The third-order valence-corrected chi connectivity index (χ3v) is 6.78. The molecule has 0 bridgehead atoms. The molecule has 6 nitrogen and oxygen atoms in total. The van der Waals surface area contributed by atoms with Crippen molar-refractivity contribution in [1.29, 1.82) is 0 Å². The first-order valence-electron chi connectivity index (χ1n) is 15.3. The molecule has 0 radical (unpaired) electrons. The summed E-state index contributed by atoms with van der Waals surface area (Å²) in [6, 6.07) is 19.9. The van der Waals surface area contributed by atoms with Crippen LogP contribution in [0.15, 0.2) is 92.0 Å². The molecule has 0 aliphatic carbocycles. The average Bonchev–Trinajstić information content (AvgIpc) is 3.06. The number of esters is 2. The molecular weight excluding hydrogens is 571 g/mol. The van der Waals surface area contributed by atoms with Crippen LogP contribution >= 0.6 is 0 Å². The number of rotatable bonds is 19. The van der Waals surface area contributed by atoms with E-state index >= 15 is 0 Å². The fourth-order valence-corrected chi connectivity index (χ4v) is 4.30. The maximum atomic E-state index is 15.0. The van der Waals surface area contributed by atoms with Crippen molar-refractivity contribution in [2.24, 2.45) is 0 Å². The van der Waals surface area contributed by atoms with Gasteiger partial charge in [-0.1, -0.05) is 43.2 Å². The second-order valence-corrected chi connectivity index (χ2v) is 10.3. The Labute approximate surface area is 265 Å². The highest BCUT2D eigenvalue weighted by molar-refractivity contribution is 5.81. The lowest BCUT2D eigenvalue weighted by Gasteiger charge is -2.08. The molecule has 0 spiro atoms. The van der Waals surface area contributed by atoms with Crippen molar-refractivity contribution < 1.29 is 32.9 Å². The van der Waals surface area contributed by atoms with Crippen LogP contribution < -0.4 is 9.47 Å². The van der Waals surface area contributed by atoms with Gasteiger partial charge in [-0.25, -0.2) is 14.0 Å². The average molecular weight is 613 g/mol. The van der Waals surface area contributed by atoms with Gasteiger partial charge in [0, 0.05) is 28.8 Å². The Kier molecular flexibility index (Phi) is 15.5. The van der Waals surface area contributed by atoms with Crippen LogP contribution in [0.3, 0.4) is 0 Å². The molecule has 236 valence electrons. The third kappa shape index (κ3) is 13.6. The van der Waals surface area contributed by atoms with E-state index in [-0.39, 0.29) is 17.8 Å². The number of carbonyl (C=O) groups excluding carboxylic acids is 2. The van der Waals surface area contributed by atoms with Crippen LogP contribution in [-0.4, -0.2) is 38.4 Å². The zero-order valence-corrected chi connectivity index (χ0v) is 25.7. The van der Waals surface area contributed by atoms with Gasteiger partial charge in [-0.15, -0.1) is 0 Å². The van der Waals surface area contributed by atoms with E-state index in [1.807, 2.05) is 54.6 Å². The van der Waals surface area contributed by atoms with Crippen LogP contribution in [0.4, 0.5) is 4.39 Å². The van der Waals surface area contributed by atoms with Gasteiger partial charge in [0.25, 0.3) is 0 Å². The zero-order chi connectivity index (χ0) is 32.1. The third-order valence-electron chi connectivity index (χ3n) is 6.78. The molecule has 0 fully saturated rings. The first-order valence-corrected chi connectivity index (χ1v) is 15.3. The Morgan fingerprint density at radius 1 is 0.600 bits per heavy atom. The summed E-state index contributed by atoms with van der Waals surface area (Å²) in [6.07, 6.45) is 9.67. The molecule has 3 rings (SSSR count). The van der Waals surface area contributed by atoms with E-state index < -0.39 is 0 Å². The molecule has 0 amide bonds. The van der Waals surface area contributed by atoms with Gasteiger partial charge in [0.2, 0.25) is 0 Å². The van der Waals surface area contributed by atoms with Crippen LogP contribution in [0.1, 0.15) is 62.5 Å². The minimum Gasteiger partial charge on any atom is -0.494 e. The second kappa shape index (κ2) is 20.2. The first kappa shape index (κ1) is 34.7. The van der Waals surface area contributed by atoms with Gasteiger partial charge in [-0.3, -0.25) is 0 Å². The molecule has 45 heavy (non-hydrogen) atoms. The largest absolute Gasteiger partial charge is 0.494 e. The molecule has 0 aromatic heterocycles. The molecule has 0 aliphatic rings. The van der Waals surface area contributed by atoms with E-state index in [1.165, 1.54) is 18.2 Å². The van der Waals surface area contributed by atoms with Crippen LogP contribution in [0.2, 0.25) is 0 Å². The van der Waals surface area contributed by atoms with Gasteiger partial charge in [-0.05, 0) is 105 Å². The minimum absolute atomic E-state index is 0.337. The zero-order valence-electron chi connectivity index (χ0n) is 25.7. The summed E-state index contributed by atoms with van der Waals surface area (Å²) in [7, 11) is 0. The fourth-order valence-electron chi connectivity index (χ4n) is 4.30. The van der Waals surface area contributed by atoms with Crippen molar-refractivity contribution in [3.05, 3.63) is 109 Å². The number of carbonyl (C=O) groups is 2. The highest BCUT2D eigenvalue weighted by atomic mass is 19.1. The molecule has 0 heterocycles. The fraction of sp³-hybridized carbons (Fsp3) is 0.316. The lowest BCUT2D eigenvalue weighted by atomic mass is 10.0. The number of benzene rings is 3. The normalized spacial score (nSPS) is 10.2. The predicted molar refractivity (Wildman–Crippen MR) is 174 cm³/mol. The molecule has 0 atom stereocenters. The van der Waals surface area contributed by atoms with Crippen molar-refractivity contribution in [1.82, 2.24) is 0 Å². The summed E-state index contributed by atoms with van der Waals surface area (Å²) in [4.78, 5) is 22.0. The van der Waals surface area contributed by atoms with E-state index in [0.29, 0.717) is 37.6 Å². The number of ether oxygens (including phenoxy) is 4. The van der Waals surface area contributed by atoms with Crippen LogP contribution in [-0.2, 0) is 19.1 Å². The maximum absolute atomic E-state index is 15.0. The summed E-state index contributed by atoms with van der Waals surface area (Å²) in [6.45, 7) is 8.76. The Morgan fingerprint density at radius 2 is 1.04 bits per heavy atom. The number of unbranched alkanes of at least 4 members (excludes halogenated alkanes) is 6. The van der Waals surface area contributed by atoms with Crippen molar-refractivity contribution in [2.75, 3.05) is 26.4 Å². The van der Waals surface area contributed by atoms with Gasteiger partial charge in [0.05, 0.1) is 26.4 Å². The van der Waals surface area contributed by atoms with E-state index in [2.05, 4.69) is 25.0 Å². The minimum atomic E-state index is -0.390. The summed E-state index contributed by atoms with van der Waals surface area (Å²) < 4.78 is 36.5. The summed E-state index contributed by atoms with van der Waals surface area (Å²) in [5.41, 5.74) is 2.67. The quantitative estimate of drug-likeness (QED) is 0.0588. The molecular formula is C38H41FO6. The molecule has 0 N–H and O–H groups in total. The Balaban J connectivity index is 1.37. The van der Waals surface area contributed by atoms with Crippen molar-refractivity contribution in [3.63, 3.8) is 0 Å². The van der Waals surface area contributed by atoms with Gasteiger partial charge in [0.1, 0.15) is 17.3 Å². The summed E-state index contributed by atoms with van der Waals surface area (Å²) in [5, 5.41) is 0. The first-order chi connectivity index (χ1) is 22.0. The molecule has 3 aromatic carbocycles. The van der Waals surface area contributed by atoms with Gasteiger partial charge >= 0.3 is 11.9 Å². The summed E-state index contributed by atoms with van der Waals surface area (Å²) in [5.74, 6) is 6.51. The number of hydrogen-bond donors (Lipinski definition) is 0. The van der Waals surface area contributed by atoms with Crippen LogP contribution in [0.5, 0.6) is 11.5 Å². The molecule has 0 saturated carbocycles. The highest BCUT2D eigenvalue weighted by Crippen LogP contribution is 2.26. The lowest BCUT2D eigenvalue weighted by molar-refractivity contribution is -0.138. The second-order valence-electron chi connectivity index (χ2n) is 10.3. The number of halogens is 1.